The topological polar surface area (TPSA) is 110 Å². The number of hydrogen-bond acceptors (Lipinski definition) is 4. The van der Waals surface area contributed by atoms with Crippen molar-refractivity contribution in [2.75, 3.05) is 5.73 Å². The fourth-order valence-corrected chi connectivity index (χ4v) is 4.31. The molecule has 5 aromatic rings. The fourth-order valence-electron chi connectivity index (χ4n) is 4.31. The molecule has 38 heavy (non-hydrogen) atoms. The zero-order valence-electron chi connectivity index (χ0n) is 19.9. The highest BCUT2D eigenvalue weighted by atomic mass is 19.4. The Balaban J connectivity index is 1.66. The third kappa shape index (κ3) is 4.55. The van der Waals surface area contributed by atoms with E-state index in [9.17, 15) is 22.8 Å². The molecule has 2 aromatic carbocycles. The number of H-pyrrole nitrogens is 1. The van der Waals surface area contributed by atoms with Crippen molar-refractivity contribution in [3.05, 3.63) is 100 Å². The summed E-state index contributed by atoms with van der Waals surface area (Å²) in [6.07, 6.45) is -1.52. The molecule has 3 aromatic heterocycles. The Morgan fingerprint density at radius 1 is 1.16 bits per heavy atom. The van der Waals surface area contributed by atoms with Crippen LogP contribution in [0.5, 0.6) is 0 Å². The summed E-state index contributed by atoms with van der Waals surface area (Å²) in [6, 6.07) is 15.7. The summed E-state index contributed by atoms with van der Waals surface area (Å²) in [6.45, 7) is 1.69. The Hall–Kier alpha value is -5.11. The summed E-state index contributed by atoms with van der Waals surface area (Å²) in [5, 5.41) is 6.13. The van der Waals surface area contributed by atoms with Gasteiger partial charge in [-0.25, -0.2) is 5.10 Å². The number of para-hydroxylation sites is 1. The van der Waals surface area contributed by atoms with Crippen molar-refractivity contribution in [3.8, 4) is 17.5 Å². The number of aromatic nitrogens is 4. The standard InChI is InChI=1S/C27H19F3N6O2/c1-16(33-25(37)22-23(31)34-35-14-6-13-32-24(22)35)20-15-18-8-5-7-17(11-12-27(28,29)30)21(18)26(38)36(20)19-9-3-2-4-10-19/h2-10,13-16H,1H3,(H3,31,33,34,37)/p+1. The number of amides is 1. The number of pyridine rings is 1. The summed E-state index contributed by atoms with van der Waals surface area (Å²) in [7, 11) is 0. The number of fused-ring (bicyclic) bond motifs is 2. The van der Waals surface area contributed by atoms with Gasteiger partial charge in [-0.15, -0.1) is 4.52 Å². The number of carbonyl (C=O) groups excluding carboxylic acids is 1. The molecule has 0 aliphatic carbocycles. The highest BCUT2D eigenvalue weighted by Crippen LogP contribution is 2.24. The lowest BCUT2D eigenvalue weighted by atomic mass is 10.0. The van der Waals surface area contributed by atoms with Gasteiger partial charge in [0.15, 0.2) is 11.4 Å². The molecule has 3 heterocycles. The SMILES string of the molecule is CC(NC(=O)c1c(N)[nH][n+]2cccnc12)c1cc2cccc(C#CC(F)(F)F)c2c(=O)n1-c1ccccc1. The number of anilines is 1. The van der Waals surface area contributed by atoms with Crippen LogP contribution < -0.4 is 21.1 Å². The first kappa shape index (κ1) is 24.6. The first-order valence-electron chi connectivity index (χ1n) is 11.4. The summed E-state index contributed by atoms with van der Waals surface area (Å²) in [5.74, 6) is 2.91. The van der Waals surface area contributed by atoms with Gasteiger partial charge in [0, 0.05) is 28.9 Å². The molecule has 8 nitrogen and oxygen atoms in total. The molecule has 1 unspecified atom stereocenters. The van der Waals surface area contributed by atoms with E-state index in [1.165, 1.54) is 33.3 Å². The number of carbonyl (C=O) groups is 1. The molecule has 0 radical (unpaired) electrons. The van der Waals surface area contributed by atoms with Crippen LogP contribution >= 0.6 is 0 Å². The largest absolute Gasteiger partial charge is 0.458 e. The highest BCUT2D eigenvalue weighted by molar-refractivity contribution is 6.03. The van der Waals surface area contributed by atoms with Gasteiger partial charge in [-0.3, -0.25) is 14.2 Å². The minimum Gasteiger partial charge on any atom is -0.382 e. The van der Waals surface area contributed by atoms with Gasteiger partial charge in [-0.2, -0.15) is 13.2 Å². The summed E-state index contributed by atoms with van der Waals surface area (Å²) >= 11 is 0. The molecule has 0 saturated carbocycles. The number of nitrogens with one attached hydrogen (secondary N) is 2. The predicted molar refractivity (Wildman–Crippen MR) is 135 cm³/mol. The molecule has 190 valence electrons. The van der Waals surface area contributed by atoms with Gasteiger partial charge in [-0.05, 0) is 41.6 Å². The second-order valence-corrected chi connectivity index (χ2v) is 8.47. The number of nitrogen functional groups attached to an aromatic ring is 1. The fraction of sp³-hybridized carbons (Fsp3) is 0.111. The Kier molecular flexibility index (Phi) is 6.08. The molecule has 1 atom stereocenters. The summed E-state index contributed by atoms with van der Waals surface area (Å²) in [5.41, 5.74) is 6.75. The summed E-state index contributed by atoms with van der Waals surface area (Å²) in [4.78, 5) is 31.3. The molecule has 1 amide bonds. The number of nitrogens with two attached hydrogens (primary N) is 1. The monoisotopic (exact) mass is 517 g/mol. The van der Waals surface area contributed by atoms with Crippen LogP contribution in [0.25, 0.3) is 22.1 Å². The van der Waals surface area contributed by atoms with Crippen molar-refractivity contribution >= 4 is 28.1 Å². The highest BCUT2D eigenvalue weighted by Gasteiger charge is 2.27. The molecule has 4 N–H and O–H groups in total. The average Bonchev–Trinajstić information content (AvgIpc) is 3.23. The number of rotatable bonds is 4. The van der Waals surface area contributed by atoms with E-state index in [1.807, 2.05) is 0 Å². The maximum atomic E-state index is 13.8. The van der Waals surface area contributed by atoms with Gasteiger partial charge in [0.25, 0.3) is 11.5 Å². The lowest BCUT2D eigenvalue weighted by molar-refractivity contribution is -0.577. The van der Waals surface area contributed by atoms with E-state index in [0.29, 0.717) is 22.4 Å². The van der Waals surface area contributed by atoms with Crippen molar-refractivity contribution in [3.63, 3.8) is 0 Å². The van der Waals surface area contributed by atoms with Gasteiger partial charge in [-0.1, -0.05) is 36.3 Å². The molecule has 0 bridgehead atoms. The van der Waals surface area contributed by atoms with Crippen molar-refractivity contribution < 1.29 is 22.5 Å². The van der Waals surface area contributed by atoms with Crippen molar-refractivity contribution in [1.82, 2.24) is 20.0 Å². The van der Waals surface area contributed by atoms with E-state index in [0.717, 1.165) is 0 Å². The maximum Gasteiger partial charge on any atom is 0.458 e. The molecule has 0 spiro atoms. The average molecular weight is 517 g/mol. The molecule has 0 aliphatic rings. The number of benzene rings is 2. The number of halogens is 3. The molecule has 0 aliphatic heterocycles. The van der Waals surface area contributed by atoms with Crippen LogP contribution in [0, 0.1) is 11.8 Å². The van der Waals surface area contributed by atoms with Crippen molar-refractivity contribution in [1.29, 1.82) is 0 Å². The predicted octanol–water partition coefficient (Wildman–Crippen LogP) is 3.44. The zero-order chi connectivity index (χ0) is 27.0. The lowest BCUT2D eigenvalue weighted by Crippen LogP contribution is -2.33. The quantitative estimate of drug-likeness (QED) is 0.251. The van der Waals surface area contributed by atoms with Crippen LogP contribution in [0.15, 0.2) is 77.9 Å². The van der Waals surface area contributed by atoms with E-state index >= 15 is 0 Å². The van der Waals surface area contributed by atoms with Gasteiger partial charge >= 0.3 is 11.8 Å². The van der Waals surface area contributed by atoms with Crippen molar-refractivity contribution in [2.24, 2.45) is 0 Å². The van der Waals surface area contributed by atoms with Crippen LogP contribution in [0.3, 0.4) is 0 Å². The number of nitrogens with zero attached hydrogens (tertiary/aromatic N) is 3. The number of alkyl halides is 3. The Morgan fingerprint density at radius 2 is 1.92 bits per heavy atom. The Labute approximate surface area is 213 Å². The minimum absolute atomic E-state index is 0.0388. The third-order valence-corrected chi connectivity index (χ3v) is 5.93. The lowest BCUT2D eigenvalue weighted by Gasteiger charge is -2.21. The number of hydrogen-bond donors (Lipinski definition) is 3. The van der Waals surface area contributed by atoms with Gasteiger partial charge in [0.2, 0.25) is 0 Å². The van der Waals surface area contributed by atoms with E-state index in [-0.39, 0.29) is 22.3 Å². The van der Waals surface area contributed by atoms with E-state index in [2.05, 4.69) is 21.3 Å². The first-order chi connectivity index (χ1) is 18.1. The van der Waals surface area contributed by atoms with Crippen LogP contribution in [0.2, 0.25) is 0 Å². The van der Waals surface area contributed by atoms with Crippen LogP contribution in [0.1, 0.15) is 34.6 Å². The van der Waals surface area contributed by atoms with Gasteiger partial charge in [0.05, 0.1) is 11.4 Å². The van der Waals surface area contributed by atoms with Crippen LogP contribution in [-0.4, -0.2) is 26.7 Å². The Morgan fingerprint density at radius 3 is 2.66 bits per heavy atom. The second-order valence-electron chi connectivity index (χ2n) is 8.47. The van der Waals surface area contributed by atoms with E-state index < -0.39 is 23.7 Å². The van der Waals surface area contributed by atoms with E-state index in [4.69, 9.17) is 5.73 Å². The maximum absolute atomic E-state index is 13.8. The van der Waals surface area contributed by atoms with Crippen molar-refractivity contribution in [2.45, 2.75) is 19.1 Å². The molecule has 11 heteroatoms. The molecule has 0 saturated heterocycles. The third-order valence-electron chi connectivity index (χ3n) is 5.93. The molecule has 0 fully saturated rings. The van der Waals surface area contributed by atoms with Gasteiger partial charge < -0.3 is 11.1 Å². The summed E-state index contributed by atoms with van der Waals surface area (Å²) < 4.78 is 41.3. The second kappa shape index (κ2) is 9.40. The molecular formula is C27H20F3N6O2+. The zero-order valence-corrected chi connectivity index (χ0v) is 19.9. The molecule has 5 rings (SSSR count). The van der Waals surface area contributed by atoms with Crippen LogP contribution in [0.4, 0.5) is 19.0 Å². The normalized spacial score (nSPS) is 12.2. The number of aromatic amines is 1. The Bertz CT molecular complexity index is 1810. The smallest absolute Gasteiger partial charge is 0.382 e. The van der Waals surface area contributed by atoms with E-state index in [1.54, 1.807) is 61.7 Å². The first-order valence-corrected chi connectivity index (χ1v) is 11.4. The minimum atomic E-state index is -4.71. The van der Waals surface area contributed by atoms with Crippen LogP contribution in [-0.2, 0) is 0 Å². The molecular weight excluding hydrogens is 497 g/mol. The van der Waals surface area contributed by atoms with Gasteiger partial charge in [0.1, 0.15) is 12.4 Å².